The van der Waals surface area contributed by atoms with Crippen LogP contribution in [0.1, 0.15) is 0 Å². The molecule has 0 saturated carbocycles. The Hall–Kier alpha value is -1.75. The summed E-state index contributed by atoms with van der Waals surface area (Å²) in [6.45, 7) is 0. The number of fused-ring (bicyclic) bond motifs is 3. The van der Waals surface area contributed by atoms with Crippen molar-refractivity contribution >= 4 is 28.5 Å². The highest BCUT2D eigenvalue weighted by atomic mass is 32.2. The quantitative estimate of drug-likeness (QED) is 0.654. The minimum absolute atomic E-state index is 0.106. The highest BCUT2D eigenvalue weighted by Crippen LogP contribution is 2.25. The third kappa shape index (κ3) is 2.43. The summed E-state index contributed by atoms with van der Waals surface area (Å²) in [5.41, 5.74) is 4.94. The van der Waals surface area contributed by atoms with Crippen LogP contribution in [0.5, 0.6) is 0 Å². The predicted molar refractivity (Wildman–Crippen MR) is 65.6 cm³/mol. The number of nitrogen functional groups attached to an aromatic ring is 1. The van der Waals surface area contributed by atoms with Gasteiger partial charge in [0.15, 0.2) is 6.33 Å². The van der Waals surface area contributed by atoms with Gasteiger partial charge in [0.1, 0.15) is 0 Å². The maximum atomic E-state index is 4.94. The Morgan fingerprint density at radius 2 is 2.00 bits per heavy atom. The molecule has 0 aliphatic heterocycles. The first-order valence-electron chi connectivity index (χ1n) is 4.68. The number of anilines is 1. The van der Waals surface area contributed by atoms with Crippen molar-refractivity contribution in [3.8, 4) is 0 Å². The number of thioether (sulfide) groups is 1. The van der Waals surface area contributed by atoms with Crippen molar-refractivity contribution in [3.63, 3.8) is 0 Å². The summed E-state index contributed by atoms with van der Waals surface area (Å²) in [7, 11) is 0. The van der Waals surface area contributed by atoms with Gasteiger partial charge in [-0.2, -0.15) is 4.98 Å². The summed E-state index contributed by atoms with van der Waals surface area (Å²) in [6, 6.07) is 11.0. The van der Waals surface area contributed by atoms with Gasteiger partial charge in [0, 0.05) is 4.90 Å². The molecule has 0 aliphatic carbocycles. The Kier molecular flexibility index (Phi) is 3.26. The summed E-state index contributed by atoms with van der Waals surface area (Å²) in [5, 5.41) is 5.88. The minimum Gasteiger partial charge on any atom is -0.351 e. The molecule has 0 fully saturated rings. The molecule has 2 bridgehead atoms. The second kappa shape index (κ2) is 4.85. The van der Waals surface area contributed by atoms with Crippen LogP contribution in [0.3, 0.4) is 0 Å². The maximum absolute atomic E-state index is 4.94. The number of nitrogens with two attached hydrogens (primary N) is 1. The van der Waals surface area contributed by atoms with Gasteiger partial charge < -0.3 is 10.3 Å². The lowest BCUT2D eigenvalue weighted by Crippen LogP contribution is -1.79. The normalized spacial score (nSPS) is 10.1. The standard InChI is InChI=1S/C9H8S.C2H3N3O/c1-10-9-6-7-2-4-8(9)5-3-7;3-2-4-1-5-6-2/h2-6H,1H3;1H,(H2,3,4,5). The van der Waals surface area contributed by atoms with Crippen LogP contribution in [0.4, 0.5) is 6.01 Å². The van der Waals surface area contributed by atoms with E-state index in [0.29, 0.717) is 0 Å². The van der Waals surface area contributed by atoms with Gasteiger partial charge in [-0.15, -0.1) is 11.8 Å². The fraction of sp³-hybridized carbons (Fsp3) is 0.0909. The van der Waals surface area contributed by atoms with Gasteiger partial charge in [-0.05, 0) is 23.1 Å². The zero-order chi connectivity index (χ0) is 11.4. The second-order valence-electron chi connectivity index (χ2n) is 3.11. The number of aromatic nitrogens is 2. The van der Waals surface area contributed by atoms with Crippen molar-refractivity contribution < 1.29 is 4.52 Å². The summed E-state index contributed by atoms with van der Waals surface area (Å²) >= 11 is 1.81. The van der Waals surface area contributed by atoms with E-state index in [-0.39, 0.29) is 6.01 Å². The SMILES string of the molecule is CSc1cc2ccc1cc2.Nc1ncno1. The molecule has 2 N–H and O–H groups in total. The van der Waals surface area contributed by atoms with E-state index in [1.807, 2.05) is 11.8 Å². The van der Waals surface area contributed by atoms with Crippen LogP contribution in [0.2, 0.25) is 0 Å². The lowest BCUT2D eigenvalue weighted by Gasteiger charge is -2.02. The maximum Gasteiger partial charge on any atom is 0.318 e. The van der Waals surface area contributed by atoms with E-state index < -0.39 is 0 Å². The van der Waals surface area contributed by atoms with E-state index in [1.54, 1.807) is 0 Å². The van der Waals surface area contributed by atoms with E-state index in [1.165, 1.54) is 22.0 Å². The smallest absolute Gasteiger partial charge is 0.318 e. The van der Waals surface area contributed by atoms with Crippen molar-refractivity contribution in [1.82, 2.24) is 10.1 Å². The average Bonchev–Trinajstić information content (AvgIpc) is 2.82. The fourth-order valence-corrected chi connectivity index (χ4v) is 1.96. The average molecular weight is 233 g/mol. The van der Waals surface area contributed by atoms with Crippen molar-refractivity contribution in [3.05, 3.63) is 36.7 Å². The van der Waals surface area contributed by atoms with E-state index in [0.717, 1.165) is 0 Å². The second-order valence-corrected chi connectivity index (χ2v) is 3.96. The molecule has 16 heavy (non-hydrogen) atoms. The van der Waals surface area contributed by atoms with Crippen LogP contribution in [0.15, 0.2) is 46.1 Å². The fourth-order valence-electron chi connectivity index (χ4n) is 1.34. The number of hydrogen-bond acceptors (Lipinski definition) is 5. The number of rotatable bonds is 1. The molecular formula is C11H11N3OS. The molecule has 0 aliphatic rings. The van der Waals surface area contributed by atoms with E-state index in [4.69, 9.17) is 5.73 Å². The predicted octanol–water partition coefficient (Wildman–Crippen LogP) is 2.65. The van der Waals surface area contributed by atoms with Crippen LogP contribution in [0.25, 0.3) is 10.8 Å². The Balaban J connectivity index is 0.000000138. The lowest BCUT2D eigenvalue weighted by atomic mass is 10.1. The summed E-state index contributed by atoms with van der Waals surface area (Å²) in [5.74, 6) is 0. The van der Waals surface area contributed by atoms with Gasteiger partial charge in [-0.3, -0.25) is 0 Å². The van der Waals surface area contributed by atoms with Crippen LogP contribution >= 0.6 is 11.8 Å². The number of nitrogens with zero attached hydrogens (tertiary/aromatic N) is 2. The van der Waals surface area contributed by atoms with Crippen LogP contribution in [0, 0.1) is 0 Å². The van der Waals surface area contributed by atoms with Gasteiger partial charge in [-0.1, -0.05) is 29.4 Å². The van der Waals surface area contributed by atoms with Crippen LogP contribution < -0.4 is 5.73 Å². The zero-order valence-electron chi connectivity index (χ0n) is 8.75. The van der Waals surface area contributed by atoms with Crippen LogP contribution in [-0.4, -0.2) is 16.4 Å². The molecule has 3 aromatic carbocycles. The Morgan fingerprint density at radius 3 is 2.25 bits per heavy atom. The van der Waals surface area contributed by atoms with Crippen molar-refractivity contribution in [1.29, 1.82) is 0 Å². The van der Waals surface area contributed by atoms with Crippen molar-refractivity contribution in [2.75, 3.05) is 12.0 Å². The molecule has 0 amide bonds. The number of hydrogen-bond donors (Lipinski definition) is 1. The summed E-state index contributed by atoms with van der Waals surface area (Å²) in [4.78, 5) is 4.81. The lowest BCUT2D eigenvalue weighted by molar-refractivity contribution is 0.434. The van der Waals surface area contributed by atoms with Gasteiger partial charge in [0.2, 0.25) is 0 Å². The molecule has 0 unspecified atom stereocenters. The van der Waals surface area contributed by atoms with Crippen LogP contribution in [-0.2, 0) is 0 Å². The Morgan fingerprint density at radius 1 is 1.25 bits per heavy atom. The molecule has 4 aromatic rings. The largest absolute Gasteiger partial charge is 0.351 e. The highest BCUT2D eigenvalue weighted by molar-refractivity contribution is 7.98. The van der Waals surface area contributed by atoms with E-state index in [2.05, 4.69) is 51.3 Å². The van der Waals surface area contributed by atoms with Gasteiger partial charge in [0.25, 0.3) is 0 Å². The Bertz CT molecular complexity index is 518. The zero-order valence-corrected chi connectivity index (χ0v) is 9.57. The highest BCUT2D eigenvalue weighted by Gasteiger charge is 1.96. The van der Waals surface area contributed by atoms with Crippen molar-refractivity contribution in [2.24, 2.45) is 0 Å². The van der Waals surface area contributed by atoms with Gasteiger partial charge in [-0.25, -0.2) is 0 Å². The third-order valence-electron chi connectivity index (χ3n) is 2.09. The minimum atomic E-state index is 0.106. The molecule has 0 atom stereocenters. The molecule has 1 aromatic heterocycles. The van der Waals surface area contributed by atoms with Crippen molar-refractivity contribution in [2.45, 2.75) is 4.90 Å². The molecular weight excluding hydrogens is 222 g/mol. The molecule has 4 rings (SSSR count). The first-order valence-corrected chi connectivity index (χ1v) is 5.90. The summed E-state index contributed by atoms with van der Waals surface area (Å²) < 4.78 is 4.25. The Labute approximate surface area is 97.2 Å². The van der Waals surface area contributed by atoms with E-state index in [9.17, 15) is 0 Å². The molecule has 0 spiro atoms. The molecule has 82 valence electrons. The first-order chi connectivity index (χ1) is 7.79. The topological polar surface area (TPSA) is 64.9 Å². The molecule has 0 radical (unpaired) electrons. The van der Waals surface area contributed by atoms with Gasteiger partial charge in [0.05, 0.1) is 0 Å². The molecule has 0 saturated heterocycles. The molecule has 5 heteroatoms. The first kappa shape index (κ1) is 10.8. The monoisotopic (exact) mass is 233 g/mol. The number of benzene rings is 3. The molecule has 1 heterocycles. The third-order valence-corrected chi connectivity index (χ3v) is 2.88. The van der Waals surface area contributed by atoms with Gasteiger partial charge >= 0.3 is 6.01 Å². The molecule has 4 nitrogen and oxygen atoms in total. The summed E-state index contributed by atoms with van der Waals surface area (Å²) in [6.07, 6.45) is 3.36. The van der Waals surface area contributed by atoms with E-state index >= 15 is 0 Å².